The lowest BCUT2D eigenvalue weighted by atomic mass is 9.99. The van der Waals surface area contributed by atoms with Crippen LogP contribution in [0.25, 0.3) is 11.0 Å². The molecular weight excluding hydrogens is 533 g/mol. The van der Waals surface area contributed by atoms with Crippen molar-refractivity contribution in [3.05, 3.63) is 17.5 Å². The van der Waals surface area contributed by atoms with Gasteiger partial charge in [-0.3, -0.25) is 4.52 Å². The van der Waals surface area contributed by atoms with Gasteiger partial charge in [0.15, 0.2) is 5.60 Å². The van der Waals surface area contributed by atoms with Crippen LogP contribution >= 0.6 is 35.1 Å². The fourth-order valence-corrected chi connectivity index (χ4v) is 6.19. The van der Waals surface area contributed by atoms with E-state index in [0.29, 0.717) is 5.39 Å². The number of phosphoric ester groups is 1. The van der Waals surface area contributed by atoms with E-state index < -0.39 is 48.0 Å². The van der Waals surface area contributed by atoms with Crippen molar-refractivity contribution in [3.8, 4) is 12.3 Å². The molecule has 0 saturated carbocycles. The van der Waals surface area contributed by atoms with Gasteiger partial charge in [0.25, 0.3) is 0 Å². The second-order valence-corrected chi connectivity index (χ2v) is 11.3. The number of ether oxygens (including phenoxy) is 1. The molecule has 1 aliphatic heterocycles. The van der Waals surface area contributed by atoms with E-state index in [2.05, 4.69) is 29.0 Å². The number of phosphoric acid groups is 3. The van der Waals surface area contributed by atoms with Crippen molar-refractivity contribution in [1.29, 1.82) is 0 Å². The monoisotopic (exact) mass is 548 g/mol. The Morgan fingerprint density at radius 2 is 1.94 bits per heavy atom. The normalized spacial score (nSPS) is 27.2. The maximum atomic E-state index is 12.0. The summed E-state index contributed by atoms with van der Waals surface area (Å²) >= 11 is 5.83. The number of nitrogens with zero attached hydrogens (tertiary/aromatic N) is 3. The number of aromatic nitrogens is 3. The van der Waals surface area contributed by atoms with Gasteiger partial charge in [0, 0.05) is 12.6 Å². The first-order chi connectivity index (χ1) is 15.1. The number of terminal acetylenes is 1. The molecule has 1 aliphatic rings. The minimum absolute atomic E-state index is 0.0816. The highest BCUT2D eigenvalue weighted by Gasteiger charge is 2.50. The molecule has 1 fully saturated rings. The van der Waals surface area contributed by atoms with E-state index in [9.17, 15) is 28.6 Å². The molecule has 0 aliphatic carbocycles. The summed E-state index contributed by atoms with van der Waals surface area (Å²) in [6, 6.07) is 1.55. The summed E-state index contributed by atoms with van der Waals surface area (Å²) in [5.41, 5.74) is 3.99. The molecule has 33 heavy (non-hydrogen) atoms. The van der Waals surface area contributed by atoms with Crippen LogP contribution in [0.4, 0.5) is 5.82 Å². The average Bonchev–Trinajstić information content (AvgIpc) is 3.18. The largest absolute Gasteiger partial charge is 0.490 e. The van der Waals surface area contributed by atoms with Crippen LogP contribution in [0.2, 0.25) is 5.28 Å². The summed E-state index contributed by atoms with van der Waals surface area (Å²) in [5.74, 6) is 2.18. The highest BCUT2D eigenvalue weighted by Crippen LogP contribution is 2.66. The van der Waals surface area contributed by atoms with Crippen molar-refractivity contribution in [2.45, 2.75) is 24.4 Å². The van der Waals surface area contributed by atoms with E-state index in [1.165, 1.54) is 10.8 Å². The molecule has 0 bridgehead atoms. The Balaban J connectivity index is 1.78. The lowest BCUT2D eigenvalue weighted by molar-refractivity contribution is -0.0873. The summed E-state index contributed by atoms with van der Waals surface area (Å²) in [5, 5.41) is 10.7. The number of fused-ring (bicyclic) bond motifs is 1. The van der Waals surface area contributed by atoms with Crippen LogP contribution in [0.5, 0.6) is 0 Å². The molecular formula is C13H16ClN4O12P3. The van der Waals surface area contributed by atoms with Crippen molar-refractivity contribution in [2.24, 2.45) is 0 Å². The van der Waals surface area contributed by atoms with Gasteiger partial charge in [-0.2, -0.15) is 13.6 Å². The predicted molar refractivity (Wildman–Crippen MR) is 109 cm³/mol. The molecule has 0 aromatic carbocycles. The van der Waals surface area contributed by atoms with Crippen LogP contribution < -0.4 is 5.73 Å². The molecule has 3 heterocycles. The van der Waals surface area contributed by atoms with E-state index >= 15 is 0 Å². The second kappa shape index (κ2) is 8.99. The zero-order valence-corrected chi connectivity index (χ0v) is 19.5. The average molecular weight is 549 g/mol. The van der Waals surface area contributed by atoms with Gasteiger partial charge in [-0.25, -0.2) is 18.7 Å². The zero-order chi connectivity index (χ0) is 24.8. The second-order valence-electron chi connectivity index (χ2n) is 6.56. The summed E-state index contributed by atoms with van der Waals surface area (Å²) < 4.78 is 53.0. The number of rotatable bonds is 8. The van der Waals surface area contributed by atoms with E-state index in [-0.39, 0.29) is 23.2 Å². The molecule has 182 valence electrons. The van der Waals surface area contributed by atoms with Gasteiger partial charge in [-0.15, -0.1) is 6.42 Å². The molecule has 3 rings (SSSR count). The van der Waals surface area contributed by atoms with Gasteiger partial charge < -0.3 is 39.7 Å². The van der Waals surface area contributed by atoms with Crippen molar-refractivity contribution in [2.75, 3.05) is 12.3 Å². The Bertz CT molecular complexity index is 1260. The molecule has 1 saturated heterocycles. The predicted octanol–water partition coefficient (Wildman–Crippen LogP) is 0.662. The molecule has 0 radical (unpaired) electrons. The Kier molecular flexibility index (Phi) is 7.14. The summed E-state index contributed by atoms with van der Waals surface area (Å²) in [6.45, 7) is -1.04. The SMILES string of the molecule is C#C[C@]1(COP(=O)(O)OP(=O)(O)OP(=O)(O)O)O[C@@H](n2ccc3c(N)nc(Cl)nc32)C[C@@H]1O. The molecule has 0 spiro atoms. The molecule has 0 amide bonds. The lowest BCUT2D eigenvalue weighted by Gasteiger charge is -2.27. The van der Waals surface area contributed by atoms with Crippen LogP contribution in [0, 0.1) is 12.3 Å². The zero-order valence-electron chi connectivity index (χ0n) is 16.0. The van der Waals surface area contributed by atoms with Crippen molar-refractivity contribution >= 4 is 51.9 Å². The summed E-state index contributed by atoms with van der Waals surface area (Å²) in [7, 11) is -16.8. The molecule has 2 unspecified atom stereocenters. The number of halogens is 1. The topological polar surface area (TPSA) is 246 Å². The minimum atomic E-state index is -5.73. The highest BCUT2D eigenvalue weighted by atomic mass is 35.5. The third-order valence-electron chi connectivity index (χ3n) is 4.30. The van der Waals surface area contributed by atoms with Crippen LogP contribution in [0.3, 0.4) is 0 Å². The Morgan fingerprint density at radius 3 is 2.55 bits per heavy atom. The van der Waals surface area contributed by atoms with Crippen LogP contribution in [-0.2, 0) is 31.6 Å². The van der Waals surface area contributed by atoms with Crippen molar-refractivity contribution < 1.29 is 56.3 Å². The standard InChI is InChI=1S/C13H16ClN4O12P3/c1-2-13(6-27-32(23,24)30-33(25,26)29-31(20,21)22)8(19)5-9(28-13)18-4-3-7-10(15)16-12(14)17-11(7)18/h1,3-4,8-9,19H,5-6H2,(H,23,24)(H,25,26)(H2,15,16,17)(H2,20,21,22)/t8-,9+,13+/m0/s1. The Hall–Kier alpha value is -1.40. The maximum absolute atomic E-state index is 12.0. The quantitative estimate of drug-likeness (QED) is 0.151. The molecule has 2 aromatic heterocycles. The van der Waals surface area contributed by atoms with Crippen LogP contribution in [0.15, 0.2) is 12.3 Å². The number of hydrogen-bond donors (Lipinski definition) is 6. The third-order valence-corrected chi connectivity index (χ3v) is 8.25. The Morgan fingerprint density at radius 1 is 1.27 bits per heavy atom. The molecule has 16 nitrogen and oxygen atoms in total. The first-order valence-electron chi connectivity index (χ1n) is 8.48. The first kappa shape index (κ1) is 26.2. The number of aliphatic hydroxyl groups is 1. The highest BCUT2D eigenvalue weighted by molar-refractivity contribution is 7.66. The van der Waals surface area contributed by atoms with E-state index in [4.69, 9.17) is 38.3 Å². The fraction of sp³-hybridized carbons (Fsp3) is 0.385. The molecule has 20 heteroatoms. The van der Waals surface area contributed by atoms with Gasteiger partial charge in [-0.1, -0.05) is 5.92 Å². The lowest BCUT2D eigenvalue weighted by Crippen LogP contribution is -2.42. The van der Waals surface area contributed by atoms with E-state index in [1.807, 2.05) is 0 Å². The van der Waals surface area contributed by atoms with Gasteiger partial charge in [0.1, 0.15) is 30.4 Å². The Labute approximate surface area is 189 Å². The molecule has 5 atom stereocenters. The van der Waals surface area contributed by atoms with Crippen molar-refractivity contribution in [1.82, 2.24) is 14.5 Å². The van der Waals surface area contributed by atoms with Gasteiger partial charge in [0.2, 0.25) is 5.28 Å². The van der Waals surface area contributed by atoms with Gasteiger partial charge in [0.05, 0.1) is 5.39 Å². The fourth-order valence-electron chi connectivity index (χ4n) is 2.97. The first-order valence-corrected chi connectivity index (χ1v) is 13.4. The molecule has 7 N–H and O–H groups in total. The van der Waals surface area contributed by atoms with Crippen LogP contribution in [-0.4, -0.2) is 57.5 Å². The van der Waals surface area contributed by atoms with Crippen molar-refractivity contribution in [3.63, 3.8) is 0 Å². The number of hydrogen-bond acceptors (Lipinski definition) is 11. The van der Waals surface area contributed by atoms with E-state index in [0.717, 1.165) is 0 Å². The third kappa shape index (κ3) is 6.00. The number of nitrogen functional groups attached to an aromatic ring is 1. The summed E-state index contributed by atoms with van der Waals surface area (Å²) in [6.07, 6.45) is 4.32. The van der Waals surface area contributed by atoms with Crippen LogP contribution in [0.1, 0.15) is 12.6 Å². The van der Waals surface area contributed by atoms with Gasteiger partial charge >= 0.3 is 23.5 Å². The number of aliphatic hydroxyl groups excluding tert-OH is 1. The minimum Gasteiger partial charge on any atom is -0.389 e. The number of anilines is 1. The summed E-state index contributed by atoms with van der Waals surface area (Å²) in [4.78, 5) is 43.8. The maximum Gasteiger partial charge on any atom is 0.490 e. The number of nitrogens with two attached hydrogens (primary N) is 1. The smallest absolute Gasteiger partial charge is 0.389 e. The molecule has 2 aromatic rings. The van der Waals surface area contributed by atoms with Gasteiger partial charge in [-0.05, 0) is 17.7 Å². The van der Waals surface area contributed by atoms with E-state index in [1.54, 1.807) is 6.07 Å².